The quantitative estimate of drug-likeness (QED) is 0.540. The number of aromatic nitrogens is 1. The summed E-state index contributed by atoms with van der Waals surface area (Å²) in [4.78, 5) is 5.38. The van der Waals surface area contributed by atoms with Crippen LogP contribution in [0.1, 0.15) is 5.69 Å². The van der Waals surface area contributed by atoms with Crippen molar-refractivity contribution in [2.24, 2.45) is 0 Å². The van der Waals surface area contributed by atoms with E-state index in [1.165, 1.54) is 4.90 Å². The summed E-state index contributed by atoms with van der Waals surface area (Å²) in [5.74, 6) is 0.709. The van der Waals surface area contributed by atoms with E-state index in [9.17, 15) is 0 Å². The maximum absolute atomic E-state index is 6.05. The van der Waals surface area contributed by atoms with Crippen molar-refractivity contribution in [2.75, 3.05) is 0 Å². The van der Waals surface area contributed by atoms with Gasteiger partial charge in [-0.05, 0) is 36.4 Å². The predicted molar refractivity (Wildman–Crippen MR) is 78.0 cm³/mol. The molecule has 88 valence electrons. The average Bonchev–Trinajstić information content (AvgIpc) is 2.32. The third-order valence-corrected chi connectivity index (χ3v) is 4.18. The zero-order chi connectivity index (χ0) is 12.3. The molecule has 0 N–H and O–H groups in total. The topological polar surface area (TPSA) is 12.9 Å². The SMILES string of the molecule is Clc1ccc(Cl)c(CSc2ccc(Br)cc2)n1. The lowest BCUT2D eigenvalue weighted by Crippen LogP contribution is -1.88. The van der Waals surface area contributed by atoms with E-state index in [-0.39, 0.29) is 0 Å². The third kappa shape index (κ3) is 3.88. The lowest BCUT2D eigenvalue weighted by atomic mass is 10.4. The van der Waals surface area contributed by atoms with Crippen LogP contribution in [-0.4, -0.2) is 4.98 Å². The highest BCUT2D eigenvalue weighted by Gasteiger charge is 2.04. The monoisotopic (exact) mass is 347 g/mol. The van der Waals surface area contributed by atoms with Gasteiger partial charge in [-0.25, -0.2) is 4.98 Å². The summed E-state index contributed by atoms with van der Waals surface area (Å²) < 4.78 is 1.07. The molecule has 1 aromatic heterocycles. The van der Waals surface area contributed by atoms with Gasteiger partial charge in [-0.2, -0.15) is 0 Å². The Labute approximate surface area is 123 Å². The van der Waals surface area contributed by atoms with Crippen molar-refractivity contribution in [3.63, 3.8) is 0 Å². The summed E-state index contributed by atoms with van der Waals surface area (Å²) in [6, 6.07) is 11.6. The minimum absolute atomic E-state index is 0.473. The fourth-order valence-electron chi connectivity index (χ4n) is 1.24. The second-order valence-electron chi connectivity index (χ2n) is 3.31. The van der Waals surface area contributed by atoms with Crippen molar-refractivity contribution in [1.82, 2.24) is 4.98 Å². The molecule has 2 aromatic rings. The second kappa shape index (κ2) is 6.10. The number of halogens is 3. The maximum Gasteiger partial charge on any atom is 0.129 e. The molecule has 0 fully saturated rings. The molecule has 17 heavy (non-hydrogen) atoms. The lowest BCUT2D eigenvalue weighted by Gasteiger charge is -2.04. The molecule has 0 saturated carbocycles. The van der Waals surface area contributed by atoms with Gasteiger partial charge in [-0.3, -0.25) is 0 Å². The van der Waals surface area contributed by atoms with Crippen molar-refractivity contribution in [3.8, 4) is 0 Å². The van der Waals surface area contributed by atoms with Gasteiger partial charge in [0.1, 0.15) is 5.15 Å². The van der Waals surface area contributed by atoms with Crippen LogP contribution in [0.2, 0.25) is 10.2 Å². The van der Waals surface area contributed by atoms with Crippen molar-refractivity contribution in [1.29, 1.82) is 0 Å². The molecule has 0 aliphatic carbocycles. The molecule has 0 atom stereocenters. The first-order chi connectivity index (χ1) is 8.15. The van der Waals surface area contributed by atoms with Crippen LogP contribution in [0.4, 0.5) is 0 Å². The minimum Gasteiger partial charge on any atom is -0.239 e. The summed E-state index contributed by atoms with van der Waals surface area (Å²) in [6.07, 6.45) is 0. The first-order valence-electron chi connectivity index (χ1n) is 4.84. The molecule has 0 saturated heterocycles. The Bertz CT molecular complexity index is 516. The van der Waals surface area contributed by atoms with Crippen LogP contribution in [0.15, 0.2) is 45.8 Å². The zero-order valence-electron chi connectivity index (χ0n) is 8.66. The standard InChI is InChI=1S/C12H8BrCl2NS/c13-8-1-3-9(4-2-8)17-7-11-10(14)5-6-12(15)16-11/h1-6H,7H2. The van der Waals surface area contributed by atoms with Crippen LogP contribution in [-0.2, 0) is 5.75 Å². The maximum atomic E-state index is 6.05. The molecule has 0 aliphatic heterocycles. The molecule has 1 aromatic carbocycles. The Morgan fingerprint density at radius 2 is 1.76 bits per heavy atom. The number of pyridine rings is 1. The van der Waals surface area contributed by atoms with Gasteiger partial charge >= 0.3 is 0 Å². The molecule has 0 aliphatic rings. The molecular formula is C12H8BrCl2NS. The van der Waals surface area contributed by atoms with E-state index in [0.29, 0.717) is 15.9 Å². The number of hydrogen-bond donors (Lipinski definition) is 0. The van der Waals surface area contributed by atoms with E-state index in [4.69, 9.17) is 23.2 Å². The number of hydrogen-bond acceptors (Lipinski definition) is 2. The summed E-state index contributed by atoms with van der Waals surface area (Å²) in [6.45, 7) is 0. The summed E-state index contributed by atoms with van der Waals surface area (Å²) in [5.41, 5.74) is 0.812. The van der Waals surface area contributed by atoms with Crippen LogP contribution in [0.3, 0.4) is 0 Å². The van der Waals surface area contributed by atoms with Crippen LogP contribution in [0.5, 0.6) is 0 Å². The zero-order valence-corrected chi connectivity index (χ0v) is 12.6. The van der Waals surface area contributed by atoms with E-state index in [1.807, 2.05) is 24.3 Å². The summed E-state index contributed by atoms with van der Waals surface area (Å²) in [5, 5.41) is 1.12. The van der Waals surface area contributed by atoms with E-state index in [2.05, 4.69) is 20.9 Å². The van der Waals surface area contributed by atoms with Gasteiger partial charge in [0.25, 0.3) is 0 Å². The average molecular weight is 349 g/mol. The number of benzene rings is 1. The minimum atomic E-state index is 0.473. The summed E-state index contributed by atoms with van der Waals surface area (Å²) in [7, 11) is 0. The Morgan fingerprint density at radius 1 is 1.06 bits per heavy atom. The Hall–Kier alpha value is -0.220. The largest absolute Gasteiger partial charge is 0.239 e. The fraction of sp³-hybridized carbons (Fsp3) is 0.0833. The molecule has 2 rings (SSSR count). The molecule has 0 radical (unpaired) electrons. The molecule has 1 nitrogen and oxygen atoms in total. The molecule has 0 bridgehead atoms. The molecule has 0 spiro atoms. The smallest absolute Gasteiger partial charge is 0.129 e. The molecule has 0 unspecified atom stereocenters. The Balaban J connectivity index is 2.07. The first kappa shape index (κ1) is 13.2. The lowest BCUT2D eigenvalue weighted by molar-refractivity contribution is 1.17. The van der Waals surface area contributed by atoms with Gasteiger partial charge in [0, 0.05) is 15.1 Å². The Kier molecular flexibility index (Phi) is 4.74. The molecular weight excluding hydrogens is 341 g/mol. The van der Waals surface area contributed by atoms with Crippen LogP contribution >= 0.6 is 50.9 Å². The number of rotatable bonds is 3. The highest BCUT2D eigenvalue weighted by molar-refractivity contribution is 9.10. The van der Waals surface area contributed by atoms with Gasteiger partial charge < -0.3 is 0 Å². The van der Waals surface area contributed by atoms with E-state index in [1.54, 1.807) is 23.9 Å². The van der Waals surface area contributed by atoms with E-state index < -0.39 is 0 Å². The van der Waals surface area contributed by atoms with E-state index >= 15 is 0 Å². The Morgan fingerprint density at radius 3 is 2.47 bits per heavy atom. The van der Waals surface area contributed by atoms with Gasteiger partial charge in [0.15, 0.2) is 0 Å². The number of nitrogens with zero attached hydrogens (tertiary/aromatic N) is 1. The van der Waals surface area contributed by atoms with Crippen LogP contribution < -0.4 is 0 Å². The first-order valence-corrected chi connectivity index (χ1v) is 7.38. The molecule has 1 heterocycles. The summed E-state index contributed by atoms with van der Waals surface area (Å²) >= 11 is 17.0. The molecule has 5 heteroatoms. The number of thioether (sulfide) groups is 1. The van der Waals surface area contributed by atoms with Gasteiger partial charge in [0.2, 0.25) is 0 Å². The third-order valence-electron chi connectivity index (χ3n) is 2.07. The van der Waals surface area contributed by atoms with Gasteiger partial charge in [-0.15, -0.1) is 11.8 Å². The normalized spacial score (nSPS) is 10.5. The second-order valence-corrected chi connectivity index (χ2v) is 6.06. The van der Waals surface area contributed by atoms with Crippen molar-refractivity contribution >= 4 is 50.9 Å². The highest BCUT2D eigenvalue weighted by atomic mass is 79.9. The van der Waals surface area contributed by atoms with Gasteiger partial charge in [-0.1, -0.05) is 39.1 Å². The highest BCUT2D eigenvalue weighted by Crippen LogP contribution is 2.27. The van der Waals surface area contributed by atoms with Gasteiger partial charge in [0.05, 0.1) is 10.7 Å². The predicted octanol–water partition coefficient (Wildman–Crippen LogP) is 5.44. The molecule has 0 amide bonds. The van der Waals surface area contributed by atoms with Crippen LogP contribution in [0, 0.1) is 0 Å². The van der Waals surface area contributed by atoms with Crippen molar-refractivity contribution < 1.29 is 0 Å². The van der Waals surface area contributed by atoms with Crippen LogP contribution in [0.25, 0.3) is 0 Å². The van der Waals surface area contributed by atoms with E-state index in [0.717, 1.165) is 10.2 Å². The van der Waals surface area contributed by atoms with Crippen molar-refractivity contribution in [3.05, 3.63) is 56.7 Å². The van der Waals surface area contributed by atoms with Crippen molar-refractivity contribution in [2.45, 2.75) is 10.6 Å². The fourth-order valence-corrected chi connectivity index (χ4v) is 2.77.